The Labute approximate surface area is 211 Å². The first-order valence-electron chi connectivity index (χ1n) is 10.7. The van der Waals surface area contributed by atoms with Crippen molar-refractivity contribution in [2.24, 2.45) is 0 Å². The lowest BCUT2D eigenvalue weighted by Gasteiger charge is -2.20. The summed E-state index contributed by atoms with van der Waals surface area (Å²) in [5, 5.41) is 8.86. The molecule has 0 unspecified atom stereocenters. The van der Waals surface area contributed by atoms with Gasteiger partial charge in [0.1, 0.15) is 5.75 Å². The van der Waals surface area contributed by atoms with E-state index in [-0.39, 0.29) is 32.8 Å². The molecule has 0 spiro atoms. The van der Waals surface area contributed by atoms with E-state index in [1.54, 1.807) is 19.1 Å². The summed E-state index contributed by atoms with van der Waals surface area (Å²) in [7, 11) is -4.11. The molecular formula is C25H17F6NO5S. The lowest BCUT2D eigenvalue weighted by Crippen LogP contribution is -2.16. The Hall–Kier alpha value is -4.00. The molecule has 0 aliphatic heterocycles. The number of aromatic amines is 1. The van der Waals surface area contributed by atoms with E-state index in [1.165, 1.54) is 18.2 Å². The van der Waals surface area contributed by atoms with Gasteiger partial charge < -0.3 is 14.8 Å². The zero-order chi connectivity index (χ0) is 28.0. The molecule has 6 nitrogen and oxygen atoms in total. The number of hydrogen-bond acceptors (Lipinski definition) is 4. The minimum absolute atomic E-state index is 0.0207. The summed E-state index contributed by atoms with van der Waals surface area (Å²) in [6, 6.07) is 9.77. The molecule has 0 radical (unpaired) electrons. The summed E-state index contributed by atoms with van der Waals surface area (Å²) in [4.78, 5) is 13.3. The van der Waals surface area contributed by atoms with Crippen molar-refractivity contribution >= 4 is 26.7 Å². The zero-order valence-corrected chi connectivity index (χ0v) is 20.1. The molecule has 4 rings (SSSR count). The minimum atomic E-state index is -5.33. The highest BCUT2D eigenvalue weighted by atomic mass is 32.2. The second kappa shape index (κ2) is 9.39. The second-order valence-corrected chi connectivity index (χ2v) is 10.3. The third-order valence-corrected chi connectivity index (χ3v) is 7.38. The Bertz CT molecular complexity index is 1600. The number of aliphatic carboxylic acids is 1. The van der Waals surface area contributed by atoms with Crippen molar-refractivity contribution < 1.29 is 49.4 Å². The van der Waals surface area contributed by atoms with Gasteiger partial charge in [0.15, 0.2) is 5.75 Å². The van der Waals surface area contributed by atoms with Crippen LogP contribution in [0.5, 0.6) is 11.5 Å². The monoisotopic (exact) mass is 557 g/mol. The average molecular weight is 557 g/mol. The predicted molar refractivity (Wildman–Crippen MR) is 123 cm³/mol. The van der Waals surface area contributed by atoms with E-state index in [1.807, 2.05) is 0 Å². The van der Waals surface area contributed by atoms with Gasteiger partial charge in [0.05, 0.1) is 27.3 Å². The molecule has 0 bridgehead atoms. The Morgan fingerprint density at radius 3 is 2.03 bits per heavy atom. The number of hydrogen-bond donors (Lipinski definition) is 2. The summed E-state index contributed by atoms with van der Waals surface area (Å²) in [6.07, 6.45) is -10.6. The number of carbonyl (C=O) groups is 1. The van der Waals surface area contributed by atoms with Crippen LogP contribution < -0.4 is 4.74 Å². The first-order chi connectivity index (χ1) is 17.6. The van der Waals surface area contributed by atoms with Gasteiger partial charge in [-0.1, -0.05) is 17.7 Å². The SMILES string of the molecule is Cc1ccc(S(=O)(=O)c2c[nH]c3ccc(Oc4c(C(F)(F)F)cc(CC(=O)O)cc4C(F)(F)F)cc23)cc1. The van der Waals surface area contributed by atoms with E-state index in [9.17, 15) is 39.6 Å². The number of benzene rings is 3. The quantitative estimate of drug-likeness (QED) is 0.255. The molecule has 13 heteroatoms. The molecule has 3 aromatic carbocycles. The lowest BCUT2D eigenvalue weighted by molar-refractivity contribution is -0.145. The van der Waals surface area contributed by atoms with Gasteiger partial charge in [0.25, 0.3) is 0 Å². The number of H-pyrrole nitrogens is 1. The van der Waals surface area contributed by atoms with Crippen LogP contribution in [0.2, 0.25) is 0 Å². The normalized spacial score (nSPS) is 12.6. The number of rotatable bonds is 6. The fraction of sp³-hybridized carbons (Fsp3) is 0.160. The van der Waals surface area contributed by atoms with Crippen molar-refractivity contribution in [3.8, 4) is 11.5 Å². The molecule has 0 fully saturated rings. The molecule has 0 aliphatic carbocycles. The first kappa shape index (κ1) is 27.0. The molecule has 200 valence electrons. The highest BCUT2D eigenvalue weighted by molar-refractivity contribution is 7.91. The number of carboxylic acids is 1. The van der Waals surface area contributed by atoms with Crippen molar-refractivity contribution in [1.82, 2.24) is 4.98 Å². The molecule has 38 heavy (non-hydrogen) atoms. The van der Waals surface area contributed by atoms with Crippen LogP contribution in [-0.4, -0.2) is 24.5 Å². The molecule has 2 N–H and O–H groups in total. The maximum absolute atomic E-state index is 13.8. The maximum atomic E-state index is 13.8. The van der Waals surface area contributed by atoms with Crippen LogP contribution in [-0.2, 0) is 33.4 Å². The largest absolute Gasteiger partial charge is 0.481 e. The molecule has 0 aliphatic rings. The number of halogens is 6. The highest BCUT2D eigenvalue weighted by Crippen LogP contribution is 2.47. The minimum Gasteiger partial charge on any atom is -0.481 e. The van der Waals surface area contributed by atoms with Crippen LogP contribution in [0.1, 0.15) is 22.3 Å². The molecule has 4 aromatic rings. The average Bonchev–Trinajstić information content (AvgIpc) is 3.22. The number of fused-ring (bicyclic) bond motifs is 1. The van der Waals surface area contributed by atoms with E-state index < -0.39 is 62.8 Å². The number of ether oxygens (including phenoxy) is 1. The van der Waals surface area contributed by atoms with Crippen molar-refractivity contribution in [2.75, 3.05) is 0 Å². The number of alkyl halides is 6. The van der Waals surface area contributed by atoms with E-state index >= 15 is 0 Å². The molecule has 1 aromatic heterocycles. The van der Waals surface area contributed by atoms with Crippen LogP contribution in [0.3, 0.4) is 0 Å². The summed E-state index contributed by atoms with van der Waals surface area (Å²) in [5.74, 6) is -3.71. The third kappa shape index (κ3) is 5.32. The van der Waals surface area contributed by atoms with Gasteiger partial charge in [0.2, 0.25) is 9.84 Å². The Balaban J connectivity index is 1.87. The van der Waals surface area contributed by atoms with Gasteiger partial charge in [-0.15, -0.1) is 0 Å². The standard InChI is InChI=1S/C25H17F6NO5S/c1-13-2-5-16(6-3-13)38(35,36)21-12-32-20-7-4-15(11-17(20)21)37-23-18(24(26,27)28)8-14(10-22(33)34)9-19(23)25(29,30)31/h2-9,11-12,32H,10H2,1H3,(H,33,34). The first-order valence-corrected chi connectivity index (χ1v) is 12.2. The molecular weight excluding hydrogens is 540 g/mol. The predicted octanol–water partition coefficient (Wildman–Crippen LogP) is 6.77. The zero-order valence-electron chi connectivity index (χ0n) is 19.2. The summed E-state index contributed by atoms with van der Waals surface area (Å²) in [5.41, 5.74) is -3.34. The van der Waals surface area contributed by atoms with Crippen molar-refractivity contribution in [1.29, 1.82) is 0 Å². The van der Waals surface area contributed by atoms with Crippen molar-refractivity contribution in [3.05, 3.63) is 83.0 Å². The third-order valence-electron chi connectivity index (χ3n) is 5.57. The summed E-state index contributed by atoms with van der Waals surface area (Å²) in [6.45, 7) is 1.75. The van der Waals surface area contributed by atoms with Gasteiger partial charge in [-0.25, -0.2) is 8.42 Å². The number of aryl methyl sites for hydroxylation is 1. The number of carboxylic acid groups (broad SMARTS) is 1. The smallest absolute Gasteiger partial charge is 0.420 e. The van der Waals surface area contributed by atoms with Crippen molar-refractivity contribution in [3.63, 3.8) is 0 Å². The van der Waals surface area contributed by atoms with Gasteiger partial charge in [0, 0.05) is 17.1 Å². The Morgan fingerprint density at radius 2 is 1.50 bits per heavy atom. The number of aromatic nitrogens is 1. The molecule has 0 atom stereocenters. The van der Waals surface area contributed by atoms with Gasteiger partial charge >= 0.3 is 18.3 Å². The Kier molecular flexibility index (Phi) is 6.68. The molecule has 0 saturated heterocycles. The fourth-order valence-electron chi connectivity index (χ4n) is 3.82. The van der Waals surface area contributed by atoms with E-state index in [0.29, 0.717) is 0 Å². The van der Waals surface area contributed by atoms with Crippen LogP contribution in [0, 0.1) is 6.92 Å². The van der Waals surface area contributed by atoms with E-state index in [0.717, 1.165) is 23.9 Å². The summed E-state index contributed by atoms with van der Waals surface area (Å²) < 4.78 is 114. The number of sulfone groups is 1. The second-order valence-electron chi connectivity index (χ2n) is 8.36. The van der Waals surface area contributed by atoms with E-state index in [2.05, 4.69) is 4.98 Å². The van der Waals surface area contributed by atoms with Crippen LogP contribution >= 0.6 is 0 Å². The Morgan fingerprint density at radius 1 is 0.921 bits per heavy atom. The van der Waals surface area contributed by atoms with Crippen LogP contribution in [0.15, 0.2) is 70.6 Å². The highest BCUT2D eigenvalue weighted by Gasteiger charge is 2.43. The van der Waals surface area contributed by atoms with Gasteiger partial charge in [-0.3, -0.25) is 4.79 Å². The van der Waals surface area contributed by atoms with Crippen LogP contribution in [0.25, 0.3) is 10.9 Å². The van der Waals surface area contributed by atoms with Gasteiger partial charge in [-0.2, -0.15) is 26.3 Å². The molecule has 0 saturated carbocycles. The topological polar surface area (TPSA) is 96.5 Å². The van der Waals surface area contributed by atoms with Crippen LogP contribution in [0.4, 0.5) is 26.3 Å². The van der Waals surface area contributed by atoms with E-state index in [4.69, 9.17) is 9.84 Å². The summed E-state index contributed by atoms with van der Waals surface area (Å²) >= 11 is 0. The number of nitrogens with one attached hydrogen (secondary N) is 1. The lowest BCUT2D eigenvalue weighted by atomic mass is 10.0. The molecule has 0 amide bonds. The fourth-order valence-corrected chi connectivity index (χ4v) is 5.24. The maximum Gasteiger partial charge on any atom is 0.420 e. The van der Waals surface area contributed by atoms with Gasteiger partial charge in [-0.05, 0) is 55.0 Å². The van der Waals surface area contributed by atoms with Crippen molar-refractivity contribution in [2.45, 2.75) is 35.5 Å². The molecule has 1 heterocycles.